The van der Waals surface area contributed by atoms with Crippen LogP contribution in [-0.2, 0) is 4.79 Å². The highest BCUT2D eigenvalue weighted by Crippen LogP contribution is 2.25. The summed E-state index contributed by atoms with van der Waals surface area (Å²) in [6, 6.07) is 4.87. The summed E-state index contributed by atoms with van der Waals surface area (Å²) in [4.78, 5) is 22.4. The van der Waals surface area contributed by atoms with Gasteiger partial charge in [0.2, 0.25) is 5.91 Å². The Morgan fingerprint density at radius 3 is 2.95 bits per heavy atom. The van der Waals surface area contributed by atoms with Crippen LogP contribution in [0, 0.1) is 17.0 Å². The lowest BCUT2D eigenvalue weighted by Crippen LogP contribution is -2.39. The van der Waals surface area contributed by atoms with E-state index in [2.05, 4.69) is 10.6 Å². The van der Waals surface area contributed by atoms with Crippen LogP contribution in [0.25, 0.3) is 0 Å². The van der Waals surface area contributed by atoms with Gasteiger partial charge >= 0.3 is 0 Å². The van der Waals surface area contributed by atoms with Crippen molar-refractivity contribution in [2.45, 2.75) is 19.4 Å². The summed E-state index contributed by atoms with van der Waals surface area (Å²) in [7, 11) is 0. The SMILES string of the molecule is Cc1c(NC(=O)CC2CSCCN2)cccc1[N+](=O)[O-].Cl. The van der Waals surface area contributed by atoms with Crippen LogP contribution in [0.2, 0.25) is 0 Å². The van der Waals surface area contributed by atoms with E-state index in [0.29, 0.717) is 17.7 Å². The molecule has 1 unspecified atom stereocenters. The number of hydrogen-bond donors (Lipinski definition) is 2. The maximum atomic E-state index is 12.0. The number of nitro groups is 1. The Morgan fingerprint density at radius 1 is 1.57 bits per heavy atom. The predicted molar refractivity (Wildman–Crippen MR) is 87.4 cm³/mol. The van der Waals surface area contributed by atoms with Gasteiger partial charge in [0.1, 0.15) is 0 Å². The van der Waals surface area contributed by atoms with Crippen molar-refractivity contribution in [3.8, 4) is 0 Å². The van der Waals surface area contributed by atoms with Crippen molar-refractivity contribution in [3.63, 3.8) is 0 Å². The fourth-order valence-electron chi connectivity index (χ4n) is 2.13. The van der Waals surface area contributed by atoms with Crippen molar-refractivity contribution in [3.05, 3.63) is 33.9 Å². The number of benzene rings is 1. The first-order valence-corrected chi connectivity index (χ1v) is 7.58. The number of carbonyl (C=O) groups excluding carboxylic acids is 1. The second-order valence-corrected chi connectivity index (χ2v) is 5.83. The predicted octanol–water partition coefficient (Wildman–Crippen LogP) is 2.36. The molecule has 1 heterocycles. The molecular formula is C13H18ClN3O3S. The van der Waals surface area contributed by atoms with Crippen LogP contribution in [0.15, 0.2) is 18.2 Å². The molecule has 2 N–H and O–H groups in total. The third-order valence-corrected chi connectivity index (χ3v) is 4.34. The normalized spacial score (nSPS) is 17.7. The average molecular weight is 332 g/mol. The Bertz CT molecular complexity index is 521. The van der Waals surface area contributed by atoms with Gasteiger partial charge in [-0.3, -0.25) is 14.9 Å². The Hall–Kier alpha value is -1.31. The first kappa shape index (κ1) is 17.7. The zero-order valence-electron chi connectivity index (χ0n) is 11.6. The smallest absolute Gasteiger partial charge is 0.274 e. The molecular weight excluding hydrogens is 314 g/mol. The maximum Gasteiger partial charge on any atom is 0.274 e. The zero-order valence-corrected chi connectivity index (χ0v) is 13.3. The maximum absolute atomic E-state index is 12.0. The fraction of sp³-hybridized carbons (Fsp3) is 0.462. The van der Waals surface area contributed by atoms with Crippen molar-refractivity contribution in [2.24, 2.45) is 0 Å². The highest BCUT2D eigenvalue weighted by molar-refractivity contribution is 7.99. The topological polar surface area (TPSA) is 84.3 Å². The minimum Gasteiger partial charge on any atom is -0.326 e. The summed E-state index contributed by atoms with van der Waals surface area (Å²) in [6.07, 6.45) is 0.384. The van der Waals surface area contributed by atoms with Crippen molar-refractivity contribution < 1.29 is 9.72 Å². The second kappa shape index (κ2) is 8.21. The van der Waals surface area contributed by atoms with Gasteiger partial charge in [-0.25, -0.2) is 0 Å². The van der Waals surface area contributed by atoms with Crippen LogP contribution in [0.3, 0.4) is 0 Å². The van der Waals surface area contributed by atoms with Crippen molar-refractivity contribution in [1.82, 2.24) is 5.32 Å². The monoisotopic (exact) mass is 331 g/mol. The van der Waals surface area contributed by atoms with E-state index in [1.165, 1.54) is 6.07 Å². The summed E-state index contributed by atoms with van der Waals surface area (Å²) >= 11 is 1.83. The van der Waals surface area contributed by atoms with Gasteiger partial charge in [0.05, 0.1) is 16.2 Å². The molecule has 1 atom stereocenters. The van der Waals surface area contributed by atoms with Gasteiger partial charge in [-0.1, -0.05) is 6.07 Å². The van der Waals surface area contributed by atoms with Gasteiger partial charge in [-0.15, -0.1) is 12.4 Å². The highest BCUT2D eigenvalue weighted by atomic mass is 35.5. The molecule has 6 nitrogen and oxygen atoms in total. The van der Waals surface area contributed by atoms with Crippen LogP contribution in [0.1, 0.15) is 12.0 Å². The minimum absolute atomic E-state index is 0. The van der Waals surface area contributed by atoms with Gasteiger partial charge in [-0.2, -0.15) is 11.8 Å². The lowest BCUT2D eigenvalue weighted by molar-refractivity contribution is -0.385. The third kappa shape index (κ3) is 4.87. The molecule has 0 bridgehead atoms. The summed E-state index contributed by atoms with van der Waals surface area (Å²) in [6.45, 7) is 2.56. The Morgan fingerprint density at radius 2 is 2.33 bits per heavy atom. The molecule has 1 saturated heterocycles. The molecule has 2 rings (SSSR count). The number of halogens is 1. The van der Waals surface area contributed by atoms with Crippen LogP contribution in [0.4, 0.5) is 11.4 Å². The molecule has 0 saturated carbocycles. The van der Waals surface area contributed by atoms with E-state index in [4.69, 9.17) is 0 Å². The molecule has 1 aliphatic heterocycles. The van der Waals surface area contributed by atoms with Crippen LogP contribution >= 0.6 is 24.2 Å². The summed E-state index contributed by atoms with van der Waals surface area (Å²) in [5, 5.41) is 16.9. The minimum atomic E-state index is -0.440. The highest BCUT2D eigenvalue weighted by Gasteiger charge is 2.19. The molecule has 0 aliphatic carbocycles. The van der Waals surface area contributed by atoms with E-state index >= 15 is 0 Å². The van der Waals surface area contributed by atoms with E-state index in [0.717, 1.165) is 18.1 Å². The van der Waals surface area contributed by atoms with Crippen LogP contribution in [-0.4, -0.2) is 34.9 Å². The van der Waals surface area contributed by atoms with Gasteiger partial charge in [0.25, 0.3) is 5.69 Å². The molecule has 1 aromatic rings. The fourth-order valence-corrected chi connectivity index (χ4v) is 3.08. The number of nitro benzene ring substituents is 1. The molecule has 1 aliphatic rings. The molecule has 1 fully saturated rings. The Kier molecular flexibility index (Phi) is 6.94. The van der Waals surface area contributed by atoms with Crippen molar-refractivity contribution in [1.29, 1.82) is 0 Å². The van der Waals surface area contributed by atoms with E-state index in [-0.39, 0.29) is 30.0 Å². The van der Waals surface area contributed by atoms with E-state index < -0.39 is 4.92 Å². The number of hydrogen-bond acceptors (Lipinski definition) is 5. The molecule has 1 aromatic carbocycles. The lowest BCUT2D eigenvalue weighted by Gasteiger charge is -2.22. The molecule has 116 valence electrons. The van der Waals surface area contributed by atoms with Crippen LogP contribution < -0.4 is 10.6 Å². The van der Waals surface area contributed by atoms with Crippen molar-refractivity contribution in [2.75, 3.05) is 23.4 Å². The first-order chi connectivity index (χ1) is 9.58. The summed E-state index contributed by atoms with van der Waals surface area (Å²) < 4.78 is 0. The number of anilines is 1. The largest absolute Gasteiger partial charge is 0.326 e. The number of nitrogens with one attached hydrogen (secondary N) is 2. The van der Waals surface area contributed by atoms with Crippen LogP contribution in [0.5, 0.6) is 0 Å². The van der Waals surface area contributed by atoms with Gasteiger partial charge in [-0.05, 0) is 13.0 Å². The number of rotatable bonds is 4. The first-order valence-electron chi connectivity index (χ1n) is 6.43. The third-order valence-electron chi connectivity index (χ3n) is 3.21. The quantitative estimate of drug-likeness (QED) is 0.653. The van der Waals surface area contributed by atoms with Crippen molar-refractivity contribution >= 4 is 41.5 Å². The van der Waals surface area contributed by atoms with E-state index in [1.807, 2.05) is 11.8 Å². The van der Waals surface area contributed by atoms with Gasteiger partial charge in [0, 0.05) is 36.6 Å². The van der Waals surface area contributed by atoms with E-state index in [1.54, 1.807) is 19.1 Å². The summed E-state index contributed by atoms with van der Waals surface area (Å²) in [5.41, 5.74) is 1.01. The Labute approximate surface area is 133 Å². The number of carbonyl (C=O) groups is 1. The number of nitrogens with zero attached hydrogens (tertiary/aromatic N) is 1. The molecule has 21 heavy (non-hydrogen) atoms. The molecule has 0 spiro atoms. The van der Waals surface area contributed by atoms with E-state index in [9.17, 15) is 14.9 Å². The van der Waals surface area contributed by atoms with Gasteiger partial charge in [0.15, 0.2) is 0 Å². The standard InChI is InChI=1S/C13H17N3O3S.ClH/c1-9-11(3-2-4-12(9)16(18)19)15-13(17)7-10-8-20-6-5-14-10;/h2-4,10,14H,5-8H2,1H3,(H,15,17);1H. The summed E-state index contributed by atoms with van der Waals surface area (Å²) in [5.74, 6) is 1.87. The second-order valence-electron chi connectivity index (χ2n) is 4.69. The zero-order chi connectivity index (χ0) is 14.5. The molecule has 1 amide bonds. The lowest BCUT2D eigenvalue weighted by atomic mass is 10.1. The molecule has 8 heteroatoms. The average Bonchev–Trinajstić information content (AvgIpc) is 2.42. The number of thioether (sulfide) groups is 1. The molecule has 0 radical (unpaired) electrons. The Balaban J connectivity index is 0.00000220. The molecule has 0 aromatic heterocycles. The number of amides is 1. The van der Waals surface area contributed by atoms with Gasteiger partial charge < -0.3 is 10.6 Å².